The highest BCUT2D eigenvalue weighted by molar-refractivity contribution is 7.88. The van der Waals surface area contributed by atoms with Crippen LogP contribution in [0.5, 0.6) is 0 Å². The molecule has 1 fully saturated rings. The summed E-state index contributed by atoms with van der Waals surface area (Å²) in [5, 5.41) is 12.4. The Labute approximate surface area is 190 Å². The van der Waals surface area contributed by atoms with Crippen molar-refractivity contribution in [1.29, 1.82) is 5.26 Å². The first kappa shape index (κ1) is 23.9. The molecule has 1 saturated carbocycles. The minimum absolute atomic E-state index is 0.233. The van der Waals surface area contributed by atoms with Crippen molar-refractivity contribution < 1.29 is 13.2 Å². The maximum absolute atomic E-state index is 12.6. The van der Waals surface area contributed by atoms with Crippen molar-refractivity contribution >= 4 is 15.9 Å². The van der Waals surface area contributed by atoms with Gasteiger partial charge in [0.2, 0.25) is 15.9 Å². The van der Waals surface area contributed by atoms with E-state index in [0.717, 1.165) is 47.8 Å². The molecule has 7 nitrogen and oxygen atoms in total. The van der Waals surface area contributed by atoms with Crippen LogP contribution in [0.25, 0.3) is 11.1 Å². The summed E-state index contributed by atoms with van der Waals surface area (Å²) < 4.78 is 25.1. The van der Waals surface area contributed by atoms with Crippen LogP contribution >= 0.6 is 0 Å². The summed E-state index contributed by atoms with van der Waals surface area (Å²) in [6.07, 6.45) is 5.82. The third-order valence-electron chi connectivity index (χ3n) is 5.85. The van der Waals surface area contributed by atoms with Gasteiger partial charge < -0.3 is 11.1 Å². The van der Waals surface area contributed by atoms with Crippen LogP contribution < -0.4 is 15.8 Å². The molecule has 1 amide bonds. The molecule has 1 unspecified atom stereocenters. The van der Waals surface area contributed by atoms with Gasteiger partial charge in [-0.05, 0) is 41.2 Å². The average Bonchev–Trinajstić information content (AvgIpc) is 2.78. The summed E-state index contributed by atoms with van der Waals surface area (Å²) in [6.45, 7) is 0.233. The molecule has 0 radical (unpaired) electrons. The van der Waals surface area contributed by atoms with Crippen LogP contribution in [0.3, 0.4) is 0 Å². The van der Waals surface area contributed by atoms with E-state index in [1.165, 1.54) is 0 Å². The van der Waals surface area contributed by atoms with Gasteiger partial charge in [-0.2, -0.15) is 5.26 Å². The Bertz CT molecular complexity index is 1080. The van der Waals surface area contributed by atoms with E-state index in [0.29, 0.717) is 19.3 Å². The van der Waals surface area contributed by atoms with E-state index in [1.807, 2.05) is 48.5 Å². The lowest BCUT2D eigenvalue weighted by molar-refractivity contribution is -0.127. The highest BCUT2D eigenvalue weighted by Gasteiger charge is 2.36. The van der Waals surface area contributed by atoms with Crippen LogP contribution in [0.1, 0.15) is 43.2 Å². The number of nitriles is 1. The van der Waals surface area contributed by atoms with Crippen LogP contribution in [0.4, 0.5) is 0 Å². The van der Waals surface area contributed by atoms with Crippen molar-refractivity contribution in [1.82, 2.24) is 10.0 Å². The summed E-state index contributed by atoms with van der Waals surface area (Å²) >= 11 is 0. The molecule has 0 aliphatic heterocycles. The standard InChI is InChI=1S/C24H30N4O3S/c1-32(30,31)27-17-19-6-5-7-21(14-19)20-10-8-18(9-11-20)15-22(16-25)28-23(29)24(26)12-3-2-4-13-24/h5-11,14,22,27H,2-4,12-13,15,17,26H2,1H3,(H,28,29). The smallest absolute Gasteiger partial charge is 0.241 e. The first-order chi connectivity index (χ1) is 15.2. The Hall–Kier alpha value is -2.73. The fourth-order valence-electron chi connectivity index (χ4n) is 3.98. The van der Waals surface area contributed by atoms with E-state index in [4.69, 9.17) is 5.73 Å². The molecule has 2 aromatic carbocycles. The predicted octanol–water partition coefficient (Wildman–Crippen LogP) is 2.62. The van der Waals surface area contributed by atoms with Gasteiger partial charge in [0, 0.05) is 13.0 Å². The van der Waals surface area contributed by atoms with E-state index in [1.54, 1.807) is 0 Å². The molecule has 0 saturated heterocycles. The number of nitrogens with zero attached hydrogens (tertiary/aromatic N) is 1. The van der Waals surface area contributed by atoms with Gasteiger partial charge in [-0.15, -0.1) is 0 Å². The Balaban J connectivity index is 1.63. The average molecular weight is 455 g/mol. The normalized spacial score (nSPS) is 16.7. The van der Waals surface area contributed by atoms with Crippen molar-refractivity contribution in [2.24, 2.45) is 5.73 Å². The number of amides is 1. The second-order valence-electron chi connectivity index (χ2n) is 8.57. The molecule has 3 rings (SSSR count). The van der Waals surface area contributed by atoms with Gasteiger partial charge in [0.25, 0.3) is 0 Å². The molecule has 0 spiro atoms. The van der Waals surface area contributed by atoms with Gasteiger partial charge in [-0.25, -0.2) is 13.1 Å². The molecule has 32 heavy (non-hydrogen) atoms. The largest absolute Gasteiger partial charge is 0.338 e. The van der Waals surface area contributed by atoms with E-state index < -0.39 is 21.6 Å². The lowest BCUT2D eigenvalue weighted by Crippen LogP contribution is -2.57. The number of hydrogen-bond acceptors (Lipinski definition) is 5. The van der Waals surface area contributed by atoms with Crippen LogP contribution in [0.2, 0.25) is 0 Å². The monoisotopic (exact) mass is 454 g/mol. The fraction of sp³-hybridized carbons (Fsp3) is 0.417. The number of carbonyl (C=O) groups excluding carboxylic acids is 1. The second-order valence-corrected chi connectivity index (χ2v) is 10.4. The highest BCUT2D eigenvalue weighted by atomic mass is 32.2. The Morgan fingerprint density at radius 2 is 1.78 bits per heavy atom. The number of carbonyl (C=O) groups is 1. The van der Waals surface area contributed by atoms with E-state index in [-0.39, 0.29) is 12.5 Å². The number of nitrogens with one attached hydrogen (secondary N) is 2. The molecule has 1 aliphatic carbocycles. The minimum atomic E-state index is -3.25. The first-order valence-electron chi connectivity index (χ1n) is 10.8. The Morgan fingerprint density at radius 1 is 1.09 bits per heavy atom. The third-order valence-corrected chi connectivity index (χ3v) is 6.52. The van der Waals surface area contributed by atoms with Gasteiger partial charge in [-0.1, -0.05) is 61.7 Å². The summed E-state index contributed by atoms with van der Waals surface area (Å²) in [6, 6.07) is 17.0. The zero-order valence-corrected chi connectivity index (χ0v) is 19.1. The second kappa shape index (κ2) is 10.3. The minimum Gasteiger partial charge on any atom is -0.338 e. The van der Waals surface area contributed by atoms with Crippen molar-refractivity contribution in [3.05, 3.63) is 59.7 Å². The quantitative estimate of drug-likeness (QED) is 0.565. The van der Waals surface area contributed by atoms with Gasteiger partial charge in [0.05, 0.1) is 17.9 Å². The van der Waals surface area contributed by atoms with E-state index in [2.05, 4.69) is 16.1 Å². The van der Waals surface area contributed by atoms with Gasteiger partial charge in [0.15, 0.2) is 0 Å². The van der Waals surface area contributed by atoms with E-state index >= 15 is 0 Å². The van der Waals surface area contributed by atoms with Crippen molar-refractivity contribution in [2.75, 3.05) is 6.26 Å². The zero-order chi connectivity index (χ0) is 23.2. The van der Waals surface area contributed by atoms with Crippen LogP contribution in [0, 0.1) is 11.3 Å². The van der Waals surface area contributed by atoms with Gasteiger partial charge >= 0.3 is 0 Å². The van der Waals surface area contributed by atoms with Crippen LogP contribution in [0.15, 0.2) is 48.5 Å². The van der Waals surface area contributed by atoms with E-state index in [9.17, 15) is 18.5 Å². The van der Waals surface area contributed by atoms with Crippen LogP contribution in [-0.2, 0) is 27.8 Å². The van der Waals surface area contributed by atoms with Gasteiger partial charge in [0.1, 0.15) is 6.04 Å². The predicted molar refractivity (Wildman–Crippen MR) is 125 cm³/mol. The van der Waals surface area contributed by atoms with Gasteiger partial charge in [-0.3, -0.25) is 4.79 Å². The summed E-state index contributed by atoms with van der Waals surface area (Å²) in [5.74, 6) is -0.236. The summed E-state index contributed by atoms with van der Waals surface area (Å²) in [4.78, 5) is 12.6. The number of hydrogen-bond donors (Lipinski definition) is 3. The molecule has 0 heterocycles. The van der Waals surface area contributed by atoms with Crippen molar-refractivity contribution in [3.63, 3.8) is 0 Å². The fourth-order valence-corrected chi connectivity index (χ4v) is 4.41. The molecule has 0 aromatic heterocycles. The van der Waals surface area contributed by atoms with Crippen molar-refractivity contribution in [2.45, 2.75) is 56.7 Å². The molecule has 1 aliphatic rings. The lowest BCUT2D eigenvalue weighted by atomic mass is 9.81. The Kier molecular flexibility index (Phi) is 7.67. The first-order valence-corrected chi connectivity index (χ1v) is 12.7. The maximum atomic E-state index is 12.6. The summed E-state index contributed by atoms with van der Waals surface area (Å²) in [5.41, 5.74) is 9.16. The highest BCUT2D eigenvalue weighted by Crippen LogP contribution is 2.26. The number of nitrogens with two attached hydrogens (primary N) is 1. The molecule has 8 heteroatoms. The molecular weight excluding hydrogens is 424 g/mol. The Morgan fingerprint density at radius 3 is 2.41 bits per heavy atom. The topological polar surface area (TPSA) is 125 Å². The lowest BCUT2D eigenvalue weighted by Gasteiger charge is -2.32. The summed E-state index contributed by atoms with van der Waals surface area (Å²) in [7, 11) is -3.25. The molecule has 1 atom stereocenters. The molecule has 0 bridgehead atoms. The molecule has 170 valence electrons. The van der Waals surface area contributed by atoms with Crippen LogP contribution in [-0.4, -0.2) is 32.2 Å². The number of sulfonamides is 1. The zero-order valence-electron chi connectivity index (χ0n) is 18.3. The molecular formula is C24H30N4O3S. The SMILES string of the molecule is CS(=O)(=O)NCc1cccc(-c2ccc(CC(C#N)NC(=O)C3(N)CCCCC3)cc2)c1. The number of benzene rings is 2. The molecule has 2 aromatic rings. The maximum Gasteiger partial charge on any atom is 0.241 e. The van der Waals surface area contributed by atoms with Crippen molar-refractivity contribution in [3.8, 4) is 17.2 Å². The molecule has 4 N–H and O–H groups in total. The number of rotatable bonds is 8. The third kappa shape index (κ3) is 6.63.